The molecule has 4 nitrogen and oxygen atoms in total. The predicted octanol–water partition coefficient (Wildman–Crippen LogP) is 0.376. The lowest BCUT2D eigenvalue weighted by molar-refractivity contribution is -0.140. The number of esters is 1. The van der Waals surface area contributed by atoms with Crippen LogP contribution in [0.5, 0.6) is 0 Å². The van der Waals surface area contributed by atoms with E-state index in [1.165, 1.54) is 7.11 Å². The highest BCUT2D eigenvalue weighted by atomic mass is 32.1. The summed E-state index contributed by atoms with van der Waals surface area (Å²) in [6.45, 7) is 0.570. The van der Waals surface area contributed by atoms with Crippen LogP contribution in [0.4, 0.5) is 0 Å². The zero-order valence-electron chi connectivity index (χ0n) is 7.71. The molecule has 0 radical (unpaired) electrons. The Morgan fingerprint density at radius 2 is 2.08 bits per heavy atom. The molecule has 0 aliphatic carbocycles. The summed E-state index contributed by atoms with van der Waals surface area (Å²) in [5, 5.41) is 2.66. The number of nitrogens with one attached hydrogen (secondary N) is 1. The average molecular weight is 205 g/mol. The number of methoxy groups -OCH3 is 1. The number of carbonyl (C=O) groups is 2. The van der Waals surface area contributed by atoms with Crippen LogP contribution in [0.2, 0.25) is 0 Å². The van der Waals surface area contributed by atoms with Crippen molar-refractivity contribution in [1.29, 1.82) is 0 Å². The molecule has 0 aromatic rings. The molecule has 0 saturated heterocycles. The van der Waals surface area contributed by atoms with E-state index in [-0.39, 0.29) is 11.9 Å². The fourth-order valence-corrected chi connectivity index (χ4v) is 0.891. The van der Waals surface area contributed by atoms with E-state index in [2.05, 4.69) is 22.7 Å². The van der Waals surface area contributed by atoms with Gasteiger partial charge in [-0.2, -0.15) is 12.6 Å². The number of rotatable bonds is 6. The molecule has 5 heteroatoms. The van der Waals surface area contributed by atoms with Crippen LogP contribution in [0.25, 0.3) is 0 Å². The van der Waals surface area contributed by atoms with Crippen LogP contribution in [0.15, 0.2) is 0 Å². The third-order valence-corrected chi connectivity index (χ3v) is 1.67. The Bertz CT molecular complexity index is 173. The molecule has 13 heavy (non-hydrogen) atoms. The molecule has 0 spiro atoms. The van der Waals surface area contributed by atoms with Crippen molar-refractivity contribution >= 4 is 24.5 Å². The summed E-state index contributed by atoms with van der Waals surface area (Å²) in [4.78, 5) is 21.6. The number of ether oxygens (including phenoxy) is 1. The lowest BCUT2D eigenvalue weighted by Gasteiger charge is -2.01. The van der Waals surface area contributed by atoms with Gasteiger partial charge in [0.1, 0.15) is 0 Å². The number of carbonyl (C=O) groups excluding carboxylic acids is 2. The van der Waals surface area contributed by atoms with Gasteiger partial charge < -0.3 is 10.1 Å². The molecule has 0 fully saturated rings. The minimum Gasteiger partial charge on any atom is -0.469 e. The number of hydrogen-bond donors (Lipinski definition) is 2. The van der Waals surface area contributed by atoms with E-state index in [0.29, 0.717) is 31.6 Å². The first-order chi connectivity index (χ1) is 6.20. The molecule has 1 N–H and O–H groups in total. The molecule has 0 aliphatic heterocycles. The normalized spacial score (nSPS) is 9.38. The first kappa shape index (κ1) is 12.3. The van der Waals surface area contributed by atoms with Crippen molar-refractivity contribution in [2.24, 2.45) is 0 Å². The Balaban J connectivity index is 3.31. The van der Waals surface area contributed by atoms with Crippen molar-refractivity contribution in [3.05, 3.63) is 0 Å². The fraction of sp³-hybridized carbons (Fsp3) is 0.750. The van der Waals surface area contributed by atoms with Gasteiger partial charge in [-0.15, -0.1) is 0 Å². The summed E-state index contributed by atoms with van der Waals surface area (Å²) < 4.78 is 4.43. The second kappa shape index (κ2) is 7.91. The molecule has 0 saturated carbocycles. The highest BCUT2D eigenvalue weighted by Gasteiger charge is 2.03. The Morgan fingerprint density at radius 1 is 1.38 bits per heavy atom. The minimum atomic E-state index is -0.276. The molecule has 0 aromatic heterocycles. The van der Waals surface area contributed by atoms with E-state index in [4.69, 9.17) is 0 Å². The van der Waals surface area contributed by atoms with Gasteiger partial charge in [-0.1, -0.05) is 0 Å². The summed E-state index contributed by atoms with van der Waals surface area (Å²) in [5.74, 6) is 0.308. The monoisotopic (exact) mass is 205 g/mol. The van der Waals surface area contributed by atoms with Gasteiger partial charge in [0.25, 0.3) is 0 Å². The highest BCUT2D eigenvalue weighted by molar-refractivity contribution is 7.80. The van der Waals surface area contributed by atoms with Gasteiger partial charge in [-0.3, -0.25) is 9.59 Å². The quantitative estimate of drug-likeness (QED) is 0.487. The van der Waals surface area contributed by atoms with Crippen LogP contribution in [-0.4, -0.2) is 31.3 Å². The van der Waals surface area contributed by atoms with Crippen LogP contribution in [0.1, 0.15) is 19.3 Å². The lowest BCUT2D eigenvalue weighted by atomic mass is 10.2. The molecule has 0 aromatic carbocycles. The summed E-state index contributed by atoms with van der Waals surface area (Å²) in [6.07, 6.45) is 1.19. The summed E-state index contributed by atoms with van der Waals surface area (Å²) >= 11 is 3.95. The van der Waals surface area contributed by atoms with Crippen molar-refractivity contribution in [2.75, 3.05) is 19.4 Å². The van der Waals surface area contributed by atoms with E-state index in [1.54, 1.807) is 0 Å². The van der Waals surface area contributed by atoms with Crippen LogP contribution < -0.4 is 5.32 Å². The topological polar surface area (TPSA) is 55.4 Å². The molecule has 1 amide bonds. The van der Waals surface area contributed by atoms with Gasteiger partial charge >= 0.3 is 5.97 Å². The van der Waals surface area contributed by atoms with Gasteiger partial charge in [0.2, 0.25) is 5.91 Å². The third kappa shape index (κ3) is 7.64. The summed E-state index contributed by atoms with van der Waals surface area (Å²) in [7, 11) is 1.34. The molecule has 0 bridgehead atoms. The van der Waals surface area contributed by atoms with Crippen LogP contribution in [0, 0.1) is 0 Å². The second-order valence-corrected chi connectivity index (χ2v) is 2.95. The minimum absolute atomic E-state index is 0.0436. The standard InChI is InChI=1S/C8H15NO3S/c1-12-8(11)4-2-3-7(10)9-5-6-13/h13H,2-6H2,1H3,(H,9,10). The Morgan fingerprint density at radius 3 is 2.62 bits per heavy atom. The number of thiol groups is 1. The Labute approximate surface area is 83.4 Å². The van der Waals surface area contributed by atoms with Crippen molar-refractivity contribution in [3.63, 3.8) is 0 Å². The van der Waals surface area contributed by atoms with Crippen molar-refractivity contribution in [3.8, 4) is 0 Å². The van der Waals surface area contributed by atoms with Crippen LogP contribution in [-0.2, 0) is 14.3 Å². The van der Waals surface area contributed by atoms with Gasteiger partial charge in [0.05, 0.1) is 7.11 Å². The Hall–Kier alpha value is -0.710. The molecule has 0 atom stereocenters. The molecule has 0 rings (SSSR count). The second-order valence-electron chi connectivity index (χ2n) is 2.50. The van der Waals surface area contributed by atoms with Gasteiger partial charge in [0, 0.05) is 25.1 Å². The predicted molar refractivity (Wildman–Crippen MR) is 52.7 cm³/mol. The van der Waals surface area contributed by atoms with E-state index < -0.39 is 0 Å². The SMILES string of the molecule is COC(=O)CCCC(=O)NCCS. The van der Waals surface area contributed by atoms with E-state index in [0.717, 1.165) is 0 Å². The number of hydrogen-bond acceptors (Lipinski definition) is 4. The molecular formula is C8H15NO3S. The molecule has 0 unspecified atom stereocenters. The largest absolute Gasteiger partial charge is 0.469 e. The van der Waals surface area contributed by atoms with Gasteiger partial charge in [-0.25, -0.2) is 0 Å². The van der Waals surface area contributed by atoms with Gasteiger partial charge in [0.15, 0.2) is 0 Å². The maximum Gasteiger partial charge on any atom is 0.305 e. The fourth-order valence-electron chi connectivity index (χ4n) is 0.779. The van der Waals surface area contributed by atoms with Crippen molar-refractivity contribution < 1.29 is 14.3 Å². The lowest BCUT2D eigenvalue weighted by Crippen LogP contribution is -2.25. The van der Waals surface area contributed by atoms with Crippen molar-refractivity contribution in [1.82, 2.24) is 5.32 Å². The maximum atomic E-state index is 11.0. The van der Waals surface area contributed by atoms with E-state index in [1.807, 2.05) is 0 Å². The average Bonchev–Trinajstić information content (AvgIpc) is 2.14. The number of amides is 1. The van der Waals surface area contributed by atoms with Crippen LogP contribution in [0.3, 0.4) is 0 Å². The molecule has 0 heterocycles. The third-order valence-electron chi connectivity index (χ3n) is 1.45. The Kier molecular flexibility index (Phi) is 7.48. The first-order valence-electron chi connectivity index (χ1n) is 4.15. The van der Waals surface area contributed by atoms with E-state index >= 15 is 0 Å². The summed E-state index contributed by atoms with van der Waals surface area (Å²) in [5.41, 5.74) is 0. The molecular weight excluding hydrogens is 190 g/mol. The van der Waals surface area contributed by atoms with Crippen LogP contribution >= 0.6 is 12.6 Å². The maximum absolute atomic E-state index is 11.0. The zero-order chi connectivity index (χ0) is 10.1. The smallest absolute Gasteiger partial charge is 0.305 e. The summed E-state index contributed by atoms with van der Waals surface area (Å²) in [6, 6.07) is 0. The molecule has 76 valence electrons. The molecule has 0 aliphatic rings. The highest BCUT2D eigenvalue weighted by Crippen LogP contribution is 1.96. The van der Waals surface area contributed by atoms with Gasteiger partial charge in [-0.05, 0) is 6.42 Å². The van der Waals surface area contributed by atoms with Crippen molar-refractivity contribution in [2.45, 2.75) is 19.3 Å². The van der Waals surface area contributed by atoms with E-state index in [9.17, 15) is 9.59 Å². The zero-order valence-corrected chi connectivity index (χ0v) is 8.60. The first-order valence-corrected chi connectivity index (χ1v) is 4.78.